The zero-order valence-electron chi connectivity index (χ0n) is 15.2. The molecule has 0 aliphatic rings. The normalized spacial score (nSPS) is 11.1. The van der Waals surface area contributed by atoms with Crippen LogP contribution in [0.25, 0.3) is 6.08 Å². The summed E-state index contributed by atoms with van der Waals surface area (Å²) in [6.45, 7) is 0. The molecule has 152 valence electrons. The molecule has 0 heterocycles. The Hall–Kier alpha value is -3.71. The van der Waals surface area contributed by atoms with Crippen LogP contribution in [0.4, 0.5) is 8.78 Å². The van der Waals surface area contributed by atoms with Crippen LogP contribution < -0.4 is 10.1 Å². The maximum Gasteiger partial charge on any atom is 0.352 e. The number of halogens is 3. The predicted octanol–water partition coefficient (Wildman–Crippen LogP) is 5.27. The lowest BCUT2D eigenvalue weighted by Gasteiger charge is -2.09. The van der Waals surface area contributed by atoms with Crippen LogP contribution in [0.2, 0.25) is 5.02 Å². The van der Waals surface area contributed by atoms with E-state index in [1.54, 1.807) is 0 Å². The Labute approximate surface area is 175 Å². The number of carboxylic acids is 1. The maximum atomic E-state index is 13.8. The van der Waals surface area contributed by atoms with Gasteiger partial charge in [-0.1, -0.05) is 35.9 Å². The molecule has 0 saturated heterocycles. The van der Waals surface area contributed by atoms with Gasteiger partial charge in [0.25, 0.3) is 5.91 Å². The summed E-state index contributed by atoms with van der Waals surface area (Å²) in [5.41, 5.74) is 0.00154. The molecule has 30 heavy (non-hydrogen) atoms. The van der Waals surface area contributed by atoms with Gasteiger partial charge in [-0.05, 0) is 54.1 Å². The van der Waals surface area contributed by atoms with Gasteiger partial charge in [0.2, 0.25) is 0 Å². The van der Waals surface area contributed by atoms with Crippen LogP contribution in [-0.2, 0) is 4.79 Å². The topological polar surface area (TPSA) is 75.6 Å². The predicted molar refractivity (Wildman–Crippen MR) is 107 cm³/mol. The molecule has 0 spiro atoms. The molecule has 0 fully saturated rings. The highest BCUT2D eigenvalue weighted by atomic mass is 35.5. The number of ether oxygens (including phenoxy) is 1. The van der Waals surface area contributed by atoms with E-state index >= 15 is 0 Å². The van der Waals surface area contributed by atoms with Gasteiger partial charge < -0.3 is 15.2 Å². The number of carboxylic acid groups (broad SMARTS) is 1. The summed E-state index contributed by atoms with van der Waals surface area (Å²) in [5.74, 6) is -3.24. The molecule has 0 bridgehead atoms. The van der Waals surface area contributed by atoms with Crippen molar-refractivity contribution in [3.8, 4) is 11.5 Å². The highest BCUT2D eigenvalue weighted by Crippen LogP contribution is 2.32. The lowest BCUT2D eigenvalue weighted by atomic mass is 10.1. The maximum absolute atomic E-state index is 13.8. The lowest BCUT2D eigenvalue weighted by Crippen LogP contribution is -2.27. The van der Waals surface area contributed by atoms with Gasteiger partial charge in [0.15, 0.2) is 11.6 Å². The Kier molecular flexibility index (Phi) is 6.44. The van der Waals surface area contributed by atoms with E-state index in [-0.39, 0.29) is 22.1 Å². The van der Waals surface area contributed by atoms with E-state index in [4.69, 9.17) is 16.3 Å². The van der Waals surface area contributed by atoms with Gasteiger partial charge >= 0.3 is 5.97 Å². The second-order valence-electron chi connectivity index (χ2n) is 6.05. The third-order valence-corrected chi connectivity index (χ3v) is 4.19. The molecule has 2 N–H and O–H groups in total. The number of rotatable bonds is 6. The van der Waals surface area contributed by atoms with Gasteiger partial charge in [-0.25, -0.2) is 13.6 Å². The van der Waals surface area contributed by atoms with Crippen molar-refractivity contribution < 1.29 is 28.2 Å². The number of para-hydroxylation sites is 1. The molecule has 3 aromatic rings. The van der Waals surface area contributed by atoms with E-state index in [0.29, 0.717) is 5.56 Å². The summed E-state index contributed by atoms with van der Waals surface area (Å²) < 4.78 is 32.5. The Morgan fingerprint density at radius 2 is 1.70 bits per heavy atom. The molecule has 3 aromatic carbocycles. The molecule has 0 radical (unpaired) electrons. The second-order valence-corrected chi connectivity index (χ2v) is 6.46. The fourth-order valence-corrected chi connectivity index (χ4v) is 2.67. The molecule has 0 atom stereocenters. The number of hydrogen-bond donors (Lipinski definition) is 2. The number of aliphatic carboxylic acids is 1. The molecular weight excluding hydrogens is 416 g/mol. The molecular formula is C22H14ClF2NO4. The van der Waals surface area contributed by atoms with Crippen molar-refractivity contribution in [1.82, 2.24) is 5.32 Å². The fourth-order valence-electron chi connectivity index (χ4n) is 2.47. The Morgan fingerprint density at radius 1 is 1.00 bits per heavy atom. The highest BCUT2D eigenvalue weighted by molar-refractivity contribution is 6.32. The van der Waals surface area contributed by atoms with E-state index in [1.807, 2.05) is 0 Å². The number of benzene rings is 3. The first-order chi connectivity index (χ1) is 14.3. The number of hydrogen-bond acceptors (Lipinski definition) is 3. The van der Waals surface area contributed by atoms with Crippen LogP contribution in [0.3, 0.4) is 0 Å². The van der Waals surface area contributed by atoms with Crippen LogP contribution in [0.15, 0.2) is 72.4 Å². The Morgan fingerprint density at radius 3 is 2.33 bits per heavy atom. The molecule has 0 saturated carbocycles. The van der Waals surface area contributed by atoms with Crippen molar-refractivity contribution >= 4 is 29.6 Å². The zero-order valence-corrected chi connectivity index (χ0v) is 16.0. The van der Waals surface area contributed by atoms with Crippen LogP contribution in [0.5, 0.6) is 11.5 Å². The zero-order chi connectivity index (χ0) is 21.7. The second kappa shape index (κ2) is 9.19. The first-order valence-corrected chi connectivity index (χ1v) is 8.95. The standard InChI is InChI=1S/C22H14ClF2NO4/c23-17-5-2-6-18(25)20(17)30-16-9-7-13(8-10-16)11-19(22(28)29)26-21(27)14-3-1-4-15(24)12-14/h1-12H,(H,26,27)(H,28,29). The van der Waals surface area contributed by atoms with Gasteiger partial charge in [0, 0.05) is 5.56 Å². The number of carbonyl (C=O) groups is 2. The van der Waals surface area contributed by atoms with Crippen molar-refractivity contribution in [1.29, 1.82) is 0 Å². The third kappa shape index (κ3) is 5.21. The van der Waals surface area contributed by atoms with Crippen molar-refractivity contribution in [3.05, 3.63) is 100 Å². The first kappa shape index (κ1) is 21.0. The van der Waals surface area contributed by atoms with Crippen molar-refractivity contribution in [3.63, 3.8) is 0 Å². The minimum Gasteiger partial charge on any atom is -0.477 e. The van der Waals surface area contributed by atoms with E-state index < -0.39 is 29.2 Å². The summed E-state index contributed by atoms with van der Waals surface area (Å²) >= 11 is 5.92. The fraction of sp³-hybridized carbons (Fsp3) is 0. The minimum absolute atomic E-state index is 0.0207. The largest absolute Gasteiger partial charge is 0.477 e. The van der Waals surface area contributed by atoms with Crippen LogP contribution in [0, 0.1) is 11.6 Å². The number of amides is 1. The highest BCUT2D eigenvalue weighted by Gasteiger charge is 2.14. The van der Waals surface area contributed by atoms with Gasteiger partial charge in [-0.2, -0.15) is 0 Å². The average molecular weight is 430 g/mol. The Balaban J connectivity index is 1.78. The van der Waals surface area contributed by atoms with Crippen molar-refractivity contribution in [2.45, 2.75) is 0 Å². The van der Waals surface area contributed by atoms with Crippen LogP contribution in [0.1, 0.15) is 15.9 Å². The van der Waals surface area contributed by atoms with Gasteiger partial charge in [0.05, 0.1) is 5.02 Å². The summed E-state index contributed by atoms with van der Waals surface area (Å²) in [6.07, 6.45) is 1.22. The molecule has 0 unspecified atom stereocenters. The minimum atomic E-state index is -1.38. The summed E-state index contributed by atoms with van der Waals surface area (Å²) in [7, 11) is 0. The first-order valence-electron chi connectivity index (χ1n) is 8.57. The van der Waals surface area contributed by atoms with E-state index in [1.165, 1.54) is 66.7 Å². The molecule has 0 aliphatic carbocycles. The number of carbonyl (C=O) groups excluding carboxylic acids is 1. The molecule has 0 aromatic heterocycles. The van der Waals surface area contributed by atoms with Gasteiger partial charge in [0.1, 0.15) is 17.3 Å². The molecule has 1 amide bonds. The van der Waals surface area contributed by atoms with Crippen LogP contribution in [-0.4, -0.2) is 17.0 Å². The lowest BCUT2D eigenvalue weighted by molar-refractivity contribution is -0.132. The van der Waals surface area contributed by atoms with Crippen molar-refractivity contribution in [2.24, 2.45) is 0 Å². The monoisotopic (exact) mass is 429 g/mol. The van der Waals surface area contributed by atoms with E-state index in [0.717, 1.165) is 6.07 Å². The van der Waals surface area contributed by atoms with Crippen LogP contribution >= 0.6 is 11.6 Å². The summed E-state index contributed by atoms with van der Waals surface area (Å²) in [6, 6.07) is 15.0. The molecule has 3 rings (SSSR count). The van der Waals surface area contributed by atoms with Gasteiger partial charge in [-0.3, -0.25) is 4.79 Å². The molecule has 5 nitrogen and oxygen atoms in total. The summed E-state index contributed by atoms with van der Waals surface area (Å²) in [5, 5.41) is 11.7. The SMILES string of the molecule is O=C(O)C(=Cc1ccc(Oc2c(F)cccc2Cl)cc1)NC(=O)c1cccc(F)c1. The van der Waals surface area contributed by atoms with E-state index in [2.05, 4.69) is 5.32 Å². The summed E-state index contributed by atoms with van der Waals surface area (Å²) in [4.78, 5) is 23.7. The Bertz CT molecular complexity index is 1110. The molecule has 0 aliphatic heterocycles. The van der Waals surface area contributed by atoms with E-state index in [9.17, 15) is 23.5 Å². The van der Waals surface area contributed by atoms with Crippen molar-refractivity contribution in [2.75, 3.05) is 0 Å². The van der Waals surface area contributed by atoms with Gasteiger partial charge in [-0.15, -0.1) is 0 Å². The average Bonchev–Trinajstić information content (AvgIpc) is 2.71. The quantitative estimate of drug-likeness (QED) is 0.524. The third-order valence-electron chi connectivity index (χ3n) is 3.90. The smallest absolute Gasteiger partial charge is 0.352 e. The number of nitrogens with one attached hydrogen (secondary N) is 1. The molecule has 8 heteroatoms.